The van der Waals surface area contributed by atoms with E-state index in [1.54, 1.807) is 6.07 Å². The first-order valence-electron chi connectivity index (χ1n) is 7.01. The average Bonchev–Trinajstić information content (AvgIpc) is 2.31. The molecule has 20 heavy (non-hydrogen) atoms. The summed E-state index contributed by atoms with van der Waals surface area (Å²) in [5.74, 6) is -0.215. The van der Waals surface area contributed by atoms with Gasteiger partial charge in [-0.2, -0.15) is 0 Å². The van der Waals surface area contributed by atoms with Crippen molar-refractivity contribution in [3.63, 3.8) is 0 Å². The fourth-order valence-corrected chi connectivity index (χ4v) is 3.01. The van der Waals surface area contributed by atoms with Crippen LogP contribution in [-0.4, -0.2) is 25.8 Å². The Balaban J connectivity index is 2.93. The summed E-state index contributed by atoms with van der Waals surface area (Å²) in [6, 6.07) is 5.16. The Morgan fingerprint density at radius 3 is 2.40 bits per heavy atom. The summed E-state index contributed by atoms with van der Waals surface area (Å²) in [5, 5.41) is 3.32. The Morgan fingerprint density at radius 2 is 1.95 bits per heavy atom. The summed E-state index contributed by atoms with van der Waals surface area (Å²) in [4.78, 5) is 0. The fourth-order valence-electron chi connectivity index (χ4n) is 2.49. The molecular formula is C16H25BrFNO. The molecule has 0 aliphatic heterocycles. The van der Waals surface area contributed by atoms with Gasteiger partial charge in [0, 0.05) is 17.1 Å². The van der Waals surface area contributed by atoms with Gasteiger partial charge in [0.15, 0.2) is 0 Å². The van der Waals surface area contributed by atoms with Crippen LogP contribution in [0.3, 0.4) is 0 Å². The van der Waals surface area contributed by atoms with Crippen LogP contribution in [-0.2, 0) is 11.2 Å². The largest absolute Gasteiger partial charge is 0.376 e. The molecule has 0 saturated heterocycles. The molecule has 0 aromatic heterocycles. The van der Waals surface area contributed by atoms with E-state index in [9.17, 15) is 4.39 Å². The predicted molar refractivity (Wildman–Crippen MR) is 85.5 cm³/mol. The standard InChI is InChI=1S/C16H25BrFNO/c1-6-20-15(16(2,3)4)14(19-5)9-11-7-12(17)10-13(18)8-11/h7-8,10,14-15,19H,6,9H2,1-5H3. The Morgan fingerprint density at radius 1 is 1.30 bits per heavy atom. The van der Waals surface area contributed by atoms with Crippen molar-refractivity contribution in [2.24, 2.45) is 5.41 Å². The second-order valence-electron chi connectivity index (χ2n) is 6.12. The molecule has 0 bridgehead atoms. The Kier molecular flexibility index (Phi) is 6.62. The van der Waals surface area contributed by atoms with Crippen LogP contribution in [0.2, 0.25) is 0 Å². The minimum atomic E-state index is -0.215. The fraction of sp³-hybridized carbons (Fsp3) is 0.625. The van der Waals surface area contributed by atoms with Crippen molar-refractivity contribution in [2.75, 3.05) is 13.7 Å². The lowest BCUT2D eigenvalue weighted by molar-refractivity contribution is -0.0340. The molecule has 0 aliphatic carbocycles. The zero-order valence-corrected chi connectivity index (χ0v) is 14.6. The van der Waals surface area contributed by atoms with Gasteiger partial charge >= 0.3 is 0 Å². The summed E-state index contributed by atoms with van der Waals surface area (Å²) in [5.41, 5.74) is 0.985. The van der Waals surface area contributed by atoms with Crippen molar-refractivity contribution in [3.05, 3.63) is 34.1 Å². The van der Waals surface area contributed by atoms with Gasteiger partial charge in [-0.25, -0.2) is 4.39 Å². The highest BCUT2D eigenvalue weighted by atomic mass is 79.9. The van der Waals surface area contributed by atoms with Crippen LogP contribution < -0.4 is 5.32 Å². The van der Waals surface area contributed by atoms with Crippen molar-refractivity contribution in [1.29, 1.82) is 0 Å². The van der Waals surface area contributed by atoms with E-state index in [0.29, 0.717) is 6.61 Å². The Labute approximate surface area is 130 Å². The molecule has 1 aromatic rings. The monoisotopic (exact) mass is 345 g/mol. The average molecular weight is 346 g/mol. The Bertz CT molecular complexity index is 411. The molecule has 0 radical (unpaired) electrons. The summed E-state index contributed by atoms with van der Waals surface area (Å²) < 4.78 is 20.2. The molecule has 1 N–H and O–H groups in total. The van der Waals surface area contributed by atoms with E-state index >= 15 is 0 Å². The van der Waals surface area contributed by atoms with E-state index in [1.807, 2.05) is 20.0 Å². The predicted octanol–water partition coefficient (Wildman–Crippen LogP) is 4.17. The number of rotatable bonds is 6. The van der Waals surface area contributed by atoms with Gasteiger partial charge in [0.25, 0.3) is 0 Å². The molecular weight excluding hydrogens is 321 g/mol. The third-order valence-corrected chi connectivity index (χ3v) is 3.77. The van der Waals surface area contributed by atoms with Gasteiger partial charge in [0.1, 0.15) is 5.82 Å². The third-order valence-electron chi connectivity index (χ3n) is 3.31. The maximum Gasteiger partial charge on any atom is 0.124 e. The molecule has 2 atom stereocenters. The van der Waals surface area contributed by atoms with Gasteiger partial charge in [-0.05, 0) is 49.6 Å². The van der Waals surface area contributed by atoms with E-state index in [4.69, 9.17) is 4.74 Å². The van der Waals surface area contributed by atoms with Crippen LogP contribution in [0.25, 0.3) is 0 Å². The number of nitrogens with one attached hydrogen (secondary N) is 1. The lowest BCUT2D eigenvalue weighted by atomic mass is 9.82. The van der Waals surface area contributed by atoms with Crippen LogP contribution in [0.5, 0.6) is 0 Å². The number of hydrogen-bond acceptors (Lipinski definition) is 2. The second kappa shape index (κ2) is 7.53. The normalized spacial score (nSPS) is 15.2. The molecule has 2 unspecified atom stereocenters. The van der Waals surface area contributed by atoms with Gasteiger partial charge in [0.2, 0.25) is 0 Å². The van der Waals surface area contributed by atoms with E-state index in [-0.39, 0.29) is 23.4 Å². The van der Waals surface area contributed by atoms with Crippen molar-refractivity contribution >= 4 is 15.9 Å². The molecule has 114 valence electrons. The molecule has 1 rings (SSSR count). The van der Waals surface area contributed by atoms with Gasteiger partial charge < -0.3 is 10.1 Å². The van der Waals surface area contributed by atoms with Gasteiger partial charge in [-0.3, -0.25) is 0 Å². The van der Waals surface area contributed by atoms with Crippen LogP contribution in [0.15, 0.2) is 22.7 Å². The minimum Gasteiger partial charge on any atom is -0.376 e. The lowest BCUT2D eigenvalue weighted by Crippen LogP contribution is -2.48. The maximum atomic E-state index is 13.5. The topological polar surface area (TPSA) is 21.3 Å². The van der Waals surface area contributed by atoms with Crippen LogP contribution in [0.4, 0.5) is 4.39 Å². The molecule has 0 fully saturated rings. The number of likely N-dealkylation sites (N-methyl/N-ethyl adjacent to an activating group) is 1. The lowest BCUT2D eigenvalue weighted by Gasteiger charge is -2.36. The van der Waals surface area contributed by atoms with E-state index in [2.05, 4.69) is 42.0 Å². The summed E-state index contributed by atoms with van der Waals surface area (Å²) in [6.45, 7) is 9.18. The van der Waals surface area contributed by atoms with Gasteiger partial charge in [0.05, 0.1) is 6.10 Å². The molecule has 0 spiro atoms. The van der Waals surface area contributed by atoms with Crippen molar-refractivity contribution < 1.29 is 9.13 Å². The number of benzene rings is 1. The third kappa shape index (κ3) is 5.15. The van der Waals surface area contributed by atoms with E-state index in [1.165, 1.54) is 6.07 Å². The Hall–Kier alpha value is -0.450. The van der Waals surface area contributed by atoms with Crippen molar-refractivity contribution in [1.82, 2.24) is 5.32 Å². The summed E-state index contributed by atoms with van der Waals surface area (Å²) in [6.07, 6.45) is 0.800. The van der Waals surface area contributed by atoms with Crippen LogP contribution >= 0.6 is 15.9 Å². The molecule has 4 heteroatoms. The van der Waals surface area contributed by atoms with E-state index < -0.39 is 0 Å². The van der Waals surface area contributed by atoms with Gasteiger partial charge in [-0.15, -0.1) is 0 Å². The molecule has 0 amide bonds. The first-order valence-corrected chi connectivity index (χ1v) is 7.81. The van der Waals surface area contributed by atoms with Crippen LogP contribution in [0, 0.1) is 11.2 Å². The maximum absolute atomic E-state index is 13.5. The van der Waals surface area contributed by atoms with Crippen LogP contribution in [0.1, 0.15) is 33.3 Å². The number of halogens is 2. The second-order valence-corrected chi connectivity index (χ2v) is 7.03. The molecule has 0 saturated carbocycles. The van der Waals surface area contributed by atoms with Crippen molar-refractivity contribution in [3.8, 4) is 0 Å². The first-order chi connectivity index (χ1) is 9.27. The van der Waals surface area contributed by atoms with Gasteiger partial charge in [-0.1, -0.05) is 36.7 Å². The molecule has 0 heterocycles. The smallest absolute Gasteiger partial charge is 0.124 e. The summed E-state index contributed by atoms with van der Waals surface area (Å²) in [7, 11) is 1.93. The molecule has 2 nitrogen and oxygen atoms in total. The zero-order valence-electron chi connectivity index (χ0n) is 13.0. The number of hydrogen-bond donors (Lipinski definition) is 1. The van der Waals surface area contributed by atoms with Crippen molar-refractivity contribution in [2.45, 2.75) is 46.3 Å². The number of ether oxygens (including phenoxy) is 1. The SMILES string of the molecule is CCOC(C(Cc1cc(F)cc(Br)c1)NC)C(C)(C)C. The van der Waals surface area contributed by atoms with E-state index in [0.717, 1.165) is 16.5 Å². The quantitative estimate of drug-likeness (QED) is 0.835. The minimum absolute atomic E-state index is 0.0221. The highest BCUT2D eigenvalue weighted by Crippen LogP contribution is 2.27. The first kappa shape index (κ1) is 17.6. The molecule has 0 aliphatic rings. The molecule has 1 aromatic carbocycles. The summed E-state index contributed by atoms with van der Waals surface area (Å²) >= 11 is 3.34. The highest BCUT2D eigenvalue weighted by molar-refractivity contribution is 9.10. The highest BCUT2D eigenvalue weighted by Gasteiger charge is 2.32. The zero-order chi connectivity index (χ0) is 15.3.